The number of nitrogens with two attached hydrogens (primary N) is 1. The van der Waals surface area contributed by atoms with Crippen LogP contribution in [0.25, 0.3) is 0 Å². The lowest BCUT2D eigenvalue weighted by Crippen LogP contribution is -2.28. The number of anilines is 1. The molecule has 2 atom stereocenters. The predicted octanol–water partition coefficient (Wildman–Crippen LogP) is 2.95. The van der Waals surface area contributed by atoms with Gasteiger partial charge in [-0.05, 0) is 59.8 Å². The summed E-state index contributed by atoms with van der Waals surface area (Å²) in [4.78, 5) is 2.26. The van der Waals surface area contributed by atoms with Crippen molar-refractivity contribution in [2.75, 3.05) is 25.1 Å². The van der Waals surface area contributed by atoms with E-state index >= 15 is 0 Å². The van der Waals surface area contributed by atoms with Gasteiger partial charge in [-0.15, -0.1) is 0 Å². The first-order valence-electron chi connectivity index (χ1n) is 6.93. The summed E-state index contributed by atoms with van der Waals surface area (Å²) in [6, 6.07) is 6.69. The second-order valence-electron chi connectivity index (χ2n) is 5.48. The van der Waals surface area contributed by atoms with Crippen molar-refractivity contribution in [1.29, 1.82) is 0 Å². The fourth-order valence-electron chi connectivity index (χ4n) is 2.55. The Hall–Kier alpha value is -0.580. The summed E-state index contributed by atoms with van der Waals surface area (Å²) in [6.07, 6.45) is 3.65. The molecule has 19 heavy (non-hydrogen) atoms. The van der Waals surface area contributed by atoms with E-state index in [-0.39, 0.29) is 6.04 Å². The molecule has 1 heterocycles. The highest BCUT2D eigenvalue weighted by Gasteiger charge is 2.18. The van der Waals surface area contributed by atoms with Gasteiger partial charge in [0.25, 0.3) is 0 Å². The van der Waals surface area contributed by atoms with Gasteiger partial charge in [0, 0.05) is 30.7 Å². The van der Waals surface area contributed by atoms with Crippen molar-refractivity contribution in [2.45, 2.75) is 38.3 Å². The monoisotopic (exact) mass is 326 g/mol. The summed E-state index contributed by atoms with van der Waals surface area (Å²) < 4.78 is 6.82. The van der Waals surface area contributed by atoms with Crippen molar-refractivity contribution in [3.8, 4) is 0 Å². The molecular weight excluding hydrogens is 304 g/mol. The second-order valence-corrected chi connectivity index (χ2v) is 6.34. The van der Waals surface area contributed by atoms with E-state index in [9.17, 15) is 0 Å². The van der Waals surface area contributed by atoms with E-state index in [1.165, 1.54) is 24.1 Å². The predicted molar refractivity (Wildman–Crippen MR) is 83.7 cm³/mol. The highest BCUT2D eigenvalue weighted by molar-refractivity contribution is 9.10. The van der Waals surface area contributed by atoms with Gasteiger partial charge in [0.1, 0.15) is 0 Å². The Labute approximate surface area is 124 Å². The maximum atomic E-state index is 5.84. The van der Waals surface area contributed by atoms with Crippen LogP contribution < -0.4 is 10.6 Å². The van der Waals surface area contributed by atoms with Gasteiger partial charge in [-0.3, -0.25) is 0 Å². The summed E-state index contributed by atoms with van der Waals surface area (Å²) >= 11 is 3.66. The molecule has 2 rings (SSSR count). The first-order chi connectivity index (χ1) is 9.06. The number of ether oxygens (including phenoxy) is 1. The van der Waals surface area contributed by atoms with Crippen molar-refractivity contribution in [2.24, 2.45) is 5.73 Å². The molecule has 1 saturated heterocycles. The van der Waals surface area contributed by atoms with E-state index in [1.807, 2.05) is 6.92 Å². The zero-order valence-electron chi connectivity index (χ0n) is 11.7. The highest BCUT2D eigenvalue weighted by atomic mass is 79.9. The lowest BCUT2D eigenvalue weighted by atomic mass is 10.1. The third-order valence-corrected chi connectivity index (χ3v) is 4.12. The minimum atomic E-state index is 0.197. The number of benzene rings is 1. The second kappa shape index (κ2) is 6.73. The lowest BCUT2D eigenvalue weighted by molar-refractivity contribution is 0.116. The molecule has 3 nitrogen and oxygen atoms in total. The molecule has 0 spiro atoms. The maximum absolute atomic E-state index is 5.84. The van der Waals surface area contributed by atoms with Gasteiger partial charge in [-0.25, -0.2) is 0 Å². The van der Waals surface area contributed by atoms with Crippen LogP contribution >= 0.6 is 15.9 Å². The fourth-order valence-corrected chi connectivity index (χ4v) is 3.28. The molecule has 4 heteroatoms. The molecule has 0 amide bonds. The standard InChI is InChI=1S/C15H23BrN2O/c1-11(17)8-12-5-6-15(14(16)9-12)18(2)10-13-4-3-7-19-13/h5-6,9,11,13H,3-4,7-8,10,17H2,1-2H3. The zero-order chi connectivity index (χ0) is 13.8. The number of halogens is 1. The van der Waals surface area contributed by atoms with Crippen molar-refractivity contribution in [3.63, 3.8) is 0 Å². The largest absolute Gasteiger partial charge is 0.376 e. The van der Waals surface area contributed by atoms with Crippen LogP contribution in [0, 0.1) is 0 Å². The van der Waals surface area contributed by atoms with Crippen LogP contribution in [0.1, 0.15) is 25.3 Å². The molecule has 0 saturated carbocycles. The van der Waals surface area contributed by atoms with Crippen LogP contribution in [0.4, 0.5) is 5.69 Å². The van der Waals surface area contributed by atoms with Crippen LogP contribution in [0.5, 0.6) is 0 Å². The summed E-state index contributed by atoms with van der Waals surface area (Å²) in [5.41, 5.74) is 8.33. The quantitative estimate of drug-likeness (QED) is 0.904. The van der Waals surface area contributed by atoms with Crippen molar-refractivity contribution in [1.82, 2.24) is 0 Å². The molecule has 0 aliphatic carbocycles. The van der Waals surface area contributed by atoms with Crippen LogP contribution in [0.15, 0.2) is 22.7 Å². The molecule has 1 fully saturated rings. The molecule has 2 unspecified atom stereocenters. The van der Waals surface area contributed by atoms with Gasteiger partial charge in [0.2, 0.25) is 0 Å². The summed E-state index contributed by atoms with van der Waals surface area (Å²) in [7, 11) is 2.12. The minimum absolute atomic E-state index is 0.197. The Morgan fingerprint density at radius 2 is 2.32 bits per heavy atom. The van der Waals surface area contributed by atoms with E-state index in [0.717, 1.165) is 24.0 Å². The first kappa shape index (κ1) is 14.8. The Kier molecular flexibility index (Phi) is 5.25. The molecule has 2 N–H and O–H groups in total. The van der Waals surface area contributed by atoms with Crippen molar-refractivity contribution >= 4 is 21.6 Å². The summed E-state index contributed by atoms with van der Waals surface area (Å²) in [6.45, 7) is 3.89. The minimum Gasteiger partial charge on any atom is -0.376 e. The number of likely N-dealkylation sites (N-methyl/N-ethyl adjacent to an activating group) is 1. The Morgan fingerprint density at radius 3 is 2.89 bits per heavy atom. The fraction of sp³-hybridized carbons (Fsp3) is 0.600. The summed E-state index contributed by atoms with van der Waals surface area (Å²) in [5, 5.41) is 0. The van der Waals surface area contributed by atoms with Gasteiger partial charge in [0.15, 0.2) is 0 Å². The molecule has 0 radical (unpaired) electrons. The van der Waals surface area contributed by atoms with Gasteiger partial charge in [-0.1, -0.05) is 6.07 Å². The molecular formula is C15H23BrN2O. The number of hydrogen-bond donors (Lipinski definition) is 1. The SMILES string of the molecule is CC(N)Cc1ccc(N(C)CC2CCCO2)c(Br)c1. The van der Waals surface area contributed by atoms with E-state index < -0.39 is 0 Å². The Morgan fingerprint density at radius 1 is 1.53 bits per heavy atom. The maximum Gasteiger partial charge on any atom is 0.0750 e. The highest BCUT2D eigenvalue weighted by Crippen LogP contribution is 2.28. The van der Waals surface area contributed by atoms with Crippen LogP contribution in [0.3, 0.4) is 0 Å². The summed E-state index contributed by atoms with van der Waals surface area (Å²) in [5.74, 6) is 0. The molecule has 106 valence electrons. The van der Waals surface area contributed by atoms with Crippen molar-refractivity contribution in [3.05, 3.63) is 28.2 Å². The Bertz CT molecular complexity index is 417. The topological polar surface area (TPSA) is 38.5 Å². The van der Waals surface area contributed by atoms with Gasteiger partial charge in [0.05, 0.1) is 11.8 Å². The van der Waals surface area contributed by atoms with Crippen molar-refractivity contribution < 1.29 is 4.74 Å². The van der Waals surface area contributed by atoms with E-state index in [1.54, 1.807) is 0 Å². The van der Waals surface area contributed by atoms with Crippen LogP contribution in [-0.4, -0.2) is 32.3 Å². The van der Waals surface area contributed by atoms with Crippen LogP contribution in [-0.2, 0) is 11.2 Å². The van der Waals surface area contributed by atoms with Gasteiger partial charge >= 0.3 is 0 Å². The molecule has 0 bridgehead atoms. The van der Waals surface area contributed by atoms with E-state index in [0.29, 0.717) is 6.10 Å². The average Bonchev–Trinajstić information content (AvgIpc) is 2.80. The zero-order valence-corrected chi connectivity index (χ0v) is 13.3. The average molecular weight is 327 g/mol. The third-order valence-electron chi connectivity index (χ3n) is 3.48. The molecule has 1 aliphatic rings. The lowest BCUT2D eigenvalue weighted by Gasteiger charge is -2.24. The first-order valence-corrected chi connectivity index (χ1v) is 7.72. The number of nitrogens with zero attached hydrogens (tertiary/aromatic N) is 1. The van der Waals surface area contributed by atoms with E-state index in [4.69, 9.17) is 10.5 Å². The Balaban J connectivity index is 2.02. The smallest absolute Gasteiger partial charge is 0.0750 e. The number of hydrogen-bond acceptors (Lipinski definition) is 3. The molecule has 0 aromatic heterocycles. The van der Waals surface area contributed by atoms with Gasteiger partial charge < -0.3 is 15.4 Å². The molecule has 1 aromatic rings. The normalized spacial score (nSPS) is 20.5. The van der Waals surface area contributed by atoms with Gasteiger partial charge in [-0.2, -0.15) is 0 Å². The number of rotatable bonds is 5. The molecule has 1 aromatic carbocycles. The molecule has 1 aliphatic heterocycles. The third kappa shape index (κ3) is 4.20. The van der Waals surface area contributed by atoms with Crippen LogP contribution in [0.2, 0.25) is 0 Å². The van der Waals surface area contributed by atoms with E-state index in [2.05, 4.69) is 46.1 Å².